The normalized spacial score (nSPS) is 11.2. The predicted octanol–water partition coefficient (Wildman–Crippen LogP) is 2.89. The van der Waals surface area contributed by atoms with Gasteiger partial charge in [0.25, 0.3) is 5.56 Å². The van der Waals surface area contributed by atoms with Crippen LogP contribution in [-0.4, -0.2) is 13.7 Å². The van der Waals surface area contributed by atoms with Gasteiger partial charge >= 0.3 is 5.69 Å². The molecule has 0 aliphatic carbocycles. The number of benzene rings is 2. The summed E-state index contributed by atoms with van der Waals surface area (Å²) in [5.41, 5.74) is 2.56. The van der Waals surface area contributed by atoms with Gasteiger partial charge in [-0.05, 0) is 23.3 Å². The van der Waals surface area contributed by atoms with Crippen LogP contribution in [0.25, 0.3) is 22.2 Å². The highest BCUT2D eigenvalue weighted by atomic mass is 19.1. The van der Waals surface area contributed by atoms with Crippen LogP contribution in [0, 0.1) is 5.82 Å². The Bertz CT molecular complexity index is 1270. The molecule has 27 heavy (non-hydrogen) atoms. The Hall–Kier alpha value is -3.41. The van der Waals surface area contributed by atoms with E-state index < -0.39 is 5.69 Å². The lowest BCUT2D eigenvalue weighted by Gasteiger charge is -2.12. The maximum atomic E-state index is 13.6. The largest absolute Gasteiger partial charge is 0.344 e. The standard InChI is InChI=1S/C21H18FN3O2/c1-23-13-17(15-8-4-3-5-9-15)18-19(23)20(26)24(2)21(27)25(18)12-14-7-6-10-16(22)11-14/h3-11,13H,12H2,1-2H3. The van der Waals surface area contributed by atoms with Crippen LogP contribution in [0.1, 0.15) is 5.56 Å². The van der Waals surface area contributed by atoms with Crippen molar-refractivity contribution in [2.24, 2.45) is 14.1 Å². The molecule has 0 saturated heterocycles. The van der Waals surface area contributed by atoms with E-state index >= 15 is 0 Å². The number of rotatable bonds is 3. The van der Waals surface area contributed by atoms with E-state index in [9.17, 15) is 14.0 Å². The minimum atomic E-state index is -0.430. The van der Waals surface area contributed by atoms with Crippen LogP contribution in [0.4, 0.5) is 4.39 Å². The van der Waals surface area contributed by atoms with Gasteiger partial charge in [-0.15, -0.1) is 0 Å². The zero-order chi connectivity index (χ0) is 19.1. The molecule has 0 aliphatic heterocycles. The topological polar surface area (TPSA) is 48.9 Å². The summed E-state index contributed by atoms with van der Waals surface area (Å²) in [6.07, 6.45) is 1.85. The smallest absolute Gasteiger partial charge is 0.331 e. The number of fused-ring (bicyclic) bond motifs is 1. The van der Waals surface area contributed by atoms with Gasteiger partial charge in [0, 0.05) is 25.9 Å². The highest BCUT2D eigenvalue weighted by Gasteiger charge is 2.19. The third-order valence-corrected chi connectivity index (χ3v) is 4.76. The Morgan fingerprint density at radius 1 is 0.926 bits per heavy atom. The summed E-state index contributed by atoms with van der Waals surface area (Å²) in [5, 5.41) is 0. The molecule has 0 saturated carbocycles. The van der Waals surface area contributed by atoms with Crippen molar-refractivity contribution in [2.45, 2.75) is 6.54 Å². The second-order valence-electron chi connectivity index (χ2n) is 6.58. The van der Waals surface area contributed by atoms with Crippen LogP contribution >= 0.6 is 0 Å². The van der Waals surface area contributed by atoms with E-state index in [-0.39, 0.29) is 17.9 Å². The maximum absolute atomic E-state index is 13.6. The van der Waals surface area contributed by atoms with E-state index in [2.05, 4.69) is 0 Å². The van der Waals surface area contributed by atoms with Gasteiger partial charge in [-0.3, -0.25) is 13.9 Å². The average Bonchev–Trinajstić information content (AvgIpc) is 3.01. The molecule has 6 heteroatoms. The summed E-state index contributed by atoms with van der Waals surface area (Å²) < 4.78 is 18.0. The molecule has 0 radical (unpaired) electrons. The lowest BCUT2D eigenvalue weighted by molar-refractivity contribution is 0.620. The fourth-order valence-corrected chi connectivity index (χ4v) is 3.46. The molecule has 136 valence electrons. The summed E-state index contributed by atoms with van der Waals surface area (Å²) >= 11 is 0. The van der Waals surface area contributed by atoms with Crippen molar-refractivity contribution in [2.75, 3.05) is 0 Å². The van der Waals surface area contributed by atoms with Crippen LogP contribution in [0.3, 0.4) is 0 Å². The van der Waals surface area contributed by atoms with E-state index in [0.29, 0.717) is 16.6 Å². The number of aryl methyl sites for hydroxylation is 1. The van der Waals surface area contributed by atoms with E-state index in [1.54, 1.807) is 23.7 Å². The van der Waals surface area contributed by atoms with E-state index in [0.717, 1.165) is 15.7 Å². The molecule has 0 N–H and O–H groups in total. The van der Waals surface area contributed by atoms with Gasteiger partial charge in [-0.1, -0.05) is 42.5 Å². The second kappa shape index (κ2) is 6.39. The van der Waals surface area contributed by atoms with Crippen molar-refractivity contribution in [3.05, 3.63) is 93.0 Å². The molecule has 0 atom stereocenters. The molecule has 2 heterocycles. The van der Waals surface area contributed by atoms with E-state index in [1.165, 1.54) is 23.7 Å². The summed E-state index contributed by atoms with van der Waals surface area (Å²) in [5.74, 6) is -0.363. The van der Waals surface area contributed by atoms with Crippen LogP contribution in [0.5, 0.6) is 0 Å². The van der Waals surface area contributed by atoms with Crippen molar-refractivity contribution in [1.82, 2.24) is 13.7 Å². The van der Waals surface area contributed by atoms with Crippen molar-refractivity contribution in [3.8, 4) is 11.1 Å². The van der Waals surface area contributed by atoms with Gasteiger partial charge in [-0.2, -0.15) is 0 Å². The van der Waals surface area contributed by atoms with Crippen molar-refractivity contribution in [1.29, 1.82) is 0 Å². The molecule has 4 aromatic rings. The van der Waals surface area contributed by atoms with E-state index in [4.69, 9.17) is 0 Å². The first kappa shape index (κ1) is 17.0. The molecule has 5 nitrogen and oxygen atoms in total. The lowest BCUT2D eigenvalue weighted by atomic mass is 10.1. The zero-order valence-electron chi connectivity index (χ0n) is 15.0. The first-order valence-corrected chi connectivity index (χ1v) is 8.56. The van der Waals surface area contributed by atoms with Gasteiger partial charge in [0.1, 0.15) is 11.3 Å². The lowest BCUT2D eigenvalue weighted by Crippen LogP contribution is -2.38. The molecule has 2 aromatic carbocycles. The highest BCUT2D eigenvalue weighted by molar-refractivity contribution is 5.93. The molecule has 4 rings (SSSR count). The van der Waals surface area contributed by atoms with Crippen molar-refractivity contribution >= 4 is 11.0 Å². The van der Waals surface area contributed by atoms with Gasteiger partial charge < -0.3 is 4.57 Å². The summed E-state index contributed by atoms with van der Waals surface area (Å²) in [7, 11) is 3.24. The van der Waals surface area contributed by atoms with Gasteiger partial charge in [-0.25, -0.2) is 9.18 Å². The number of hydrogen-bond acceptors (Lipinski definition) is 2. The van der Waals surface area contributed by atoms with Gasteiger partial charge in [0.2, 0.25) is 0 Å². The number of nitrogens with zero attached hydrogens (tertiary/aromatic N) is 3. The Kier molecular flexibility index (Phi) is 4.03. The molecule has 0 fully saturated rings. The first-order valence-electron chi connectivity index (χ1n) is 8.56. The molecule has 2 aromatic heterocycles. The molecule has 0 spiro atoms. The van der Waals surface area contributed by atoms with Gasteiger partial charge in [0.15, 0.2) is 0 Å². The Morgan fingerprint density at radius 2 is 1.67 bits per heavy atom. The minimum absolute atomic E-state index is 0.172. The molecular weight excluding hydrogens is 345 g/mol. The number of aromatic nitrogens is 3. The van der Waals surface area contributed by atoms with Crippen LogP contribution < -0.4 is 11.2 Å². The van der Waals surface area contributed by atoms with Crippen LogP contribution in [0.15, 0.2) is 70.4 Å². The third kappa shape index (κ3) is 2.79. The van der Waals surface area contributed by atoms with Gasteiger partial charge in [0.05, 0.1) is 12.1 Å². The first-order chi connectivity index (χ1) is 13.0. The second-order valence-corrected chi connectivity index (χ2v) is 6.58. The third-order valence-electron chi connectivity index (χ3n) is 4.76. The maximum Gasteiger partial charge on any atom is 0.331 e. The monoisotopic (exact) mass is 363 g/mol. The van der Waals surface area contributed by atoms with Crippen LogP contribution in [0.2, 0.25) is 0 Å². The van der Waals surface area contributed by atoms with Crippen molar-refractivity contribution in [3.63, 3.8) is 0 Å². The Morgan fingerprint density at radius 3 is 2.37 bits per heavy atom. The van der Waals surface area contributed by atoms with Crippen molar-refractivity contribution < 1.29 is 4.39 Å². The summed E-state index contributed by atoms with van der Waals surface area (Å²) in [4.78, 5) is 25.7. The predicted molar refractivity (Wildman–Crippen MR) is 103 cm³/mol. The Labute approximate surface area is 154 Å². The minimum Gasteiger partial charge on any atom is -0.344 e. The van der Waals surface area contributed by atoms with Crippen LogP contribution in [-0.2, 0) is 20.6 Å². The summed E-state index contributed by atoms with van der Waals surface area (Å²) in [6, 6.07) is 15.7. The highest BCUT2D eigenvalue weighted by Crippen LogP contribution is 2.28. The average molecular weight is 363 g/mol. The van der Waals surface area contributed by atoms with E-state index in [1.807, 2.05) is 36.5 Å². The molecule has 0 aliphatic rings. The Balaban J connectivity index is 2.08. The summed E-state index contributed by atoms with van der Waals surface area (Å²) in [6.45, 7) is 0.172. The molecule has 0 amide bonds. The quantitative estimate of drug-likeness (QED) is 0.562. The number of halogens is 1. The molecule has 0 bridgehead atoms. The number of hydrogen-bond donors (Lipinski definition) is 0. The fraction of sp³-hybridized carbons (Fsp3) is 0.143. The SMILES string of the molecule is Cn1c(=O)c2c(c(-c3ccccc3)cn2C)n(Cc2cccc(F)c2)c1=O. The molecular formula is C21H18FN3O2. The molecule has 0 unspecified atom stereocenters. The zero-order valence-corrected chi connectivity index (χ0v) is 15.0. The fourth-order valence-electron chi connectivity index (χ4n) is 3.46.